The van der Waals surface area contributed by atoms with E-state index in [4.69, 9.17) is 9.39 Å². The third-order valence-corrected chi connectivity index (χ3v) is 3.48. The van der Waals surface area contributed by atoms with Gasteiger partial charge in [0.25, 0.3) is 0 Å². The number of benzene rings is 1. The van der Waals surface area contributed by atoms with Crippen molar-refractivity contribution in [1.29, 1.82) is 0 Å². The molecule has 1 aromatic heterocycles. The summed E-state index contributed by atoms with van der Waals surface area (Å²) in [5, 5.41) is 9.83. The molecule has 2 heterocycles. The predicted octanol–water partition coefficient (Wildman–Crippen LogP) is 1.83. The first-order chi connectivity index (χ1) is 10.1. The molecule has 0 spiro atoms. The average molecular weight is 282 g/mol. The minimum Gasteiger partial charge on any atom is -0.437 e. The number of hydrogen-bond donors (Lipinski definition) is 1. The molecule has 0 saturated carbocycles. The summed E-state index contributed by atoms with van der Waals surface area (Å²) in [6.07, 6.45) is 3.18. The minimum atomic E-state index is -0.888. The van der Waals surface area contributed by atoms with Crippen LogP contribution in [0, 0.1) is 6.92 Å². The summed E-state index contributed by atoms with van der Waals surface area (Å²) in [7, 11) is -0.888. The minimum absolute atomic E-state index is 0.399. The van der Waals surface area contributed by atoms with Crippen molar-refractivity contribution in [3.05, 3.63) is 47.9 Å². The number of aromatic nitrogens is 2. The number of ether oxygens (including phenoxy) is 1. The molecule has 2 aromatic rings. The molecule has 106 valence electrons. The fourth-order valence-electron chi connectivity index (χ4n) is 2.30. The van der Waals surface area contributed by atoms with Crippen LogP contribution >= 0.6 is 0 Å². The van der Waals surface area contributed by atoms with Crippen LogP contribution in [0.2, 0.25) is 0 Å². The molecule has 1 aliphatic heterocycles. The topological polar surface area (TPSA) is 64.5 Å². The maximum absolute atomic E-state index is 9.83. The molecule has 0 radical (unpaired) electrons. The second kappa shape index (κ2) is 5.31. The van der Waals surface area contributed by atoms with Crippen LogP contribution in [0.3, 0.4) is 0 Å². The molecular formula is C15H15BN2O3. The molecule has 0 aliphatic carbocycles. The van der Waals surface area contributed by atoms with Gasteiger partial charge in [-0.2, -0.15) is 0 Å². The van der Waals surface area contributed by atoms with Gasteiger partial charge in [0.05, 0.1) is 24.7 Å². The molecule has 0 bridgehead atoms. The monoisotopic (exact) mass is 282 g/mol. The summed E-state index contributed by atoms with van der Waals surface area (Å²) in [6, 6.07) is 3.74. The summed E-state index contributed by atoms with van der Waals surface area (Å²) >= 11 is 0. The van der Waals surface area contributed by atoms with Gasteiger partial charge in [0.2, 0.25) is 5.88 Å². The lowest BCUT2D eigenvalue weighted by atomic mass is 9.76. The molecule has 0 unspecified atom stereocenters. The van der Waals surface area contributed by atoms with Crippen LogP contribution < -0.4 is 10.2 Å². The van der Waals surface area contributed by atoms with Crippen molar-refractivity contribution >= 4 is 18.2 Å². The Kier molecular flexibility index (Phi) is 3.49. The van der Waals surface area contributed by atoms with E-state index in [1.807, 2.05) is 26.0 Å². The highest BCUT2D eigenvalue weighted by Gasteiger charge is 2.30. The molecule has 0 fully saturated rings. The zero-order valence-corrected chi connectivity index (χ0v) is 12.0. The first-order valence-corrected chi connectivity index (χ1v) is 6.64. The van der Waals surface area contributed by atoms with Crippen LogP contribution in [0.1, 0.15) is 23.7 Å². The van der Waals surface area contributed by atoms with E-state index in [0.717, 1.165) is 27.9 Å². The standard InChI is InChI=1S/C15H15BN2O3/c1-9(2)12-6-18-14(7-17-12)21-13-5-4-11-8-20-16(19)15(11)10(13)3/h4-7,19H,1,8H2,2-3H3. The maximum atomic E-state index is 9.83. The summed E-state index contributed by atoms with van der Waals surface area (Å²) in [5.74, 6) is 1.03. The molecule has 6 heteroatoms. The first-order valence-electron chi connectivity index (χ1n) is 6.64. The van der Waals surface area contributed by atoms with E-state index < -0.39 is 7.12 Å². The van der Waals surface area contributed by atoms with Crippen LogP contribution in [0.15, 0.2) is 31.1 Å². The second-order valence-corrected chi connectivity index (χ2v) is 5.05. The van der Waals surface area contributed by atoms with Gasteiger partial charge in [0, 0.05) is 0 Å². The number of nitrogens with zero attached hydrogens (tertiary/aromatic N) is 2. The average Bonchev–Trinajstić information content (AvgIpc) is 2.85. The Bertz CT molecular complexity index is 701. The van der Waals surface area contributed by atoms with Crippen LogP contribution in [0.25, 0.3) is 5.57 Å². The molecule has 0 amide bonds. The largest absolute Gasteiger partial charge is 0.492 e. The number of rotatable bonds is 3. The van der Waals surface area contributed by atoms with Crippen molar-refractivity contribution in [2.24, 2.45) is 0 Å². The molecule has 1 aromatic carbocycles. The summed E-state index contributed by atoms with van der Waals surface area (Å²) in [4.78, 5) is 8.44. The summed E-state index contributed by atoms with van der Waals surface area (Å²) < 4.78 is 11.0. The Morgan fingerprint density at radius 3 is 2.86 bits per heavy atom. The van der Waals surface area contributed by atoms with Crippen molar-refractivity contribution in [2.75, 3.05) is 0 Å². The first kappa shape index (κ1) is 13.8. The van der Waals surface area contributed by atoms with E-state index in [0.29, 0.717) is 18.2 Å². The summed E-state index contributed by atoms with van der Waals surface area (Å²) in [5.41, 5.74) is 4.19. The van der Waals surface area contributed by atoms with Gasteiger partial charge >= 0.3 is 7.12 Å². The van der Waals surface area contributed by atoms with Crippen molar-refractivity contribution in [1.82, 2.24) is 9.97 Å². The molecule has 21 heavy (non-hydrogen) atoms. The van der Waals surface area contributed by atoms with Crippen molar-refractivity contribution in [3.8, 4) is 11.6 Å². The van der Waals surface area contributed by atoms with Crippen molar-refractivity contribution in [3.63, 3.8) is 0 Å². The Balaban J connectivity index is 1.89. The lowest BCUT2D eigenvalue weighted by Gasteiger charge is -2.11. The Labute approximate surface area is 123 Å². The zero-order valence-electron chi connectivity index (χ0n) is 12.0. The Morgan fingerprint density at radius 1 is 1.38 bits per heavy atom. The fraction of sp³-hybridized carbons (Fsp3) is 0.200. The SMILES string of the molecule is C=C(C)c1cnc(Oc2ccc3c(c2C)B(O)OC3)cn1. The van der Waals surface area contributed by atoms with E-state index in [9.17, 15) is 5.02 Å². The molecule has 0 atom stereocenters. The lowest BCUT2D eigenvalue weighted by molar-refractivity contribution is 0.275. The van der Waals surface area contributed by atoms with E-state index in [1.165, 1.54) is 0 Å². The highest BCUT2D eigenvalue weighted by atomic mass is 16.5. The van der Waals surface area contributed by atoms with Gasteiger partial charge in [0.1, 0.15) is 5.75 Å². The van der Waals surface area contributed by atoms with Crippen molar-refractivity contribution in [2.45, 2.75) is 20.5 Å². The fourth-order valence-corrected chi connectivity index (χ4v) is 2.30. The molecule has 5 nitrogen and oxygen atoms in total. The highest BCUT2D eigenvalue weighted by Crippen LogP contribution is 2.25. The van der Waals surface area contributed by atoms with Gasteiger partial charge in [-0.25, -0.2) is 9.97 Å². The maximum Gasteiger partial charge on any atom is 0.492 e. The third-order valence-electron chi connectivity index (χ3n) is 3.48. The van der Waals surface area contributed by atoms with Gasteiger partial charge in [-0.1, -0.05) is 12.6 Å². The number of hydrogen-bond acceptors (Lipinski definition) is 5. The van der Waals surface area contributed by atoms with Crippen LogP contribution in [0.5, 0.6) is 11.6 Å². The van der Waals surface area contributed by atoms with E-state index in [1.54, 1.807) is 12.4 Å². The van der Waals surface area contributed by atoms with Crippen LogP contribution in [-0.4, -0.2) is 22.1 Å². The summed E-state index contributed by atoms with van der Waals surface area (Å²) in [6.45, 7) is 8.00. The number of fused-ring (bicyclic) bond motifs is 1. The van der Waals surface area contributed by atoms with Gasteiger partial charge in [-0.3, -0.25) is 0 Å². The normalized spacial score (nSPS) is 13.2. The molecular weight excluding hydrogens is 267 g/mol. The van der Waals surface area contributed by atoms with Gasteiger partial charge in [-0.15, -0.1) is 0 Å². The molecule has 1 aliphatic rings. The Hall–Kier alpha value is -2.18. The smallest absolute Gasteiger partial charge is 0.437 e. The van der Waals surface area contributed by atoms with E-state index >= 15 is 0 Å². The third kappa shape index (κ3) is 2.55. The number of allylic oxidation sites excluding steroid dienone is 1. The Morgan fingerprint density at radius 2 is 2.19 bits per heavy atom. The van der Waals surface area contributed by atoms with E-state index in [2.05, 4.69) is 16.5 Å². The van der Waals surface area contributed by atoms with Gasteiger partial charge in [0.15, 0.2) is 0 Å². The predicted molar refractivity (Wildman–Crippen MR) is 80.4 cm³/mol. The highest BCUT2D eigenvalue weighted by molar-refractivity contribution is 6.62. The van der Waals surface area contributed by atoms with Crippen LogP contribution in [0.4, 0.5) is 0 Å². The van der Waals surface area contributed by atoms with Gasteiger partial charge < -0.3 is 14.4 Å². The molecule has 1 N–H and O–H groups in total. The second-order valence-electron chi connectivity index (χ2n) is 5.05. The van der Waals surface area contributed by atoms with Crippen LogP contribution in [-0.2, 0) is 11.3 Å². The van der Waals surface area contributed by atoms with Gasteiger partial charge in [-0.05, 0) is 42.1 Å². The zero-order chi connectivity index (χ0) is 15.0. The van der Waals surface area contributed by atoms with Crippen molar-refractivity contribution < 1.29 is 14.4 Å². The molecule has 0 saturated heterocycles. The quantitative estimate of drug-likeness (QED) is 0.870. The van der Waals surface area contributed by atoms with E-state index in [-0.39, 0.29) is 0 Å². The lowest BCUT2D eigenvalue weighted by Crippen LogP contribution is -2.30. The molecule has 3 rings (SSSR count).